The average molecular weight is 292 g/mol. The highest BCUT2D eigenvalue weighted by atomic mass is 32.1. The zero-order valence-electron chi connectivity index (χ0n) is 11.3. The molecule has 1 aliphatic carbocycles. The van der Waals surface area contributed by atoms with Gasteiger partial charge in [-0.1, -0.05) is 24.3 Å². The van der Waals surface area contributed by atoms with Crippen LogP contribution in [0.5, 0.6) is 0 Å². The van der Waals surface area contributed by atoms with Crippen LogP contribution in [-0.2, 0) is 5.72 Å². The summed E-state index contributed by atoms with van der Waals surface area (Å²) in [5, 5.41) is 22.5. The van der Waals surface area contributed by atoms with Crippen LogP contribution in [0.15, 0.2) is 24.3 Å². The Morgan fingerprint density at radius 3 is 2.25 bits per heavy atom. The topological polar surface area (TPSA) is 64.0 Å². The van der Waals surface area contributed by atoms with Gasteiger partial charge >= 0.3 is 0 Å². The van der Waals surface area contributed by atoms with E-state index < -0.39 is 17.2 Å². The van der Waals surface area contributed by atoms with Gasteiger partial charge in [-0.25, -0.2) is 0 Å². The Hall–Kier alpha value is -1.50. The number of ketones is 1. The second-order valence-electron chi connectivity index (χ2n) is 4.99. The zero-order valence-corrected chi connectivity index (χ0v) is 12.1. The lowest BCUT2D eigenvalue weighted by atomic mass is 9.98. The van der Waals surface area contributed by atoms with Gasteiger partial charge in [-0.2, -0.15) is 0 Å². The third-order valence-electron chi connectivity index (χ3n) is 4.23. The molecule has 1 saturated heterocycles. The summed E-state index contributed by atoms with van der Waals surface area (Å²) in [7, 11) is 0. The van der Waals surface area contributed by atoms with E-state index in [2.05, 4.69) is 0 Å². The van der Waals surface area contributed by atoms with Gasteiger partial charge in [0, 0.05) is 24.2 Å². The first-order valence-corrected chi connectivity index (χ1v) is 7.03. The van der Waals surface area contributed by atoms with E-state index in [-0.39, 0.29) is 0 Å². The number of hydrogen-bond acceptors (Lipinski definition) is 4. The molecule has 0 radical (unpaired) electrons. The lowest BCUT2D eigenvalue weighted by Gasteiger charge is -2.36. The van der Waals surface area contributed by atoms with Crippen molar-refractivity contribution in [2.24, 2.45) is 0 Å². The van der Waals surface area contributed by atoms with E-state index in [4.69, 9.17) is 12.2 Å². The molecular formula is C14H16N2O3S. The summed E-state index contributed by atoms with van der Waals surface area (Å²) >= 11 is 5.32. The fraction of sp³-hybridized carbons (Fsp3) is 0.429. The van der Waals surface area contributed by atoms with E-state index in [1.165, 1.54) is 9.80 Å². The van der Waals surface area contributed by atoms with Gasteiger partial charge in [0.05, 0.1) is 0 Å². The molecule has 1 aromatic carbocycles. The van der Waals surface area contributed by atoms with Crippen LogP contribution in [0.1, 0.15) is 29.8 Å². The Morgan fingerprint density at radius 2 is 1.65 bits per heavy atom. The van der Waals surface area contributed by atoms with Crippen LogP contribution in [0, 0.1) is 0 Å². The van der Waals surface area contributed by atoms with Crippen molar-refractivity contribution < 1.29 is 15.0 Å². The smallest absolute Gasteiger partial charge is 0.258 e. The number of nitrogens with zero attached hydrogens (tertiary/aromatic N) is 2. The molecule has 2 aliphatic rings. The minimum Gasteiger partial charge on any atom is -0.363 e. The summed E-state index contributed by atoms with van der Waals surface area (Å²) in [6, 6.07) is 6.74. The third kappa shape index (κ3) is 1.16. The predicted molar refractivity (Wildman–Crippen MR) is 77.0 cm³/mol. The minimum absolute atomic E-state index is 0.294. The van der Waals surface area contributed by atoms with Crippen LogP contribution in [-0.4, -0.2) is 49.7 Å². The van der Waals surface area contributed by atoms with Crippen molar-refractivity contribution in [1.29, 1.82) is 0 Å². The molecule has 20 heavy (non-hydrogen) atoms. The molecule has 6 heteroatoms. The predicted octanol–water partition coefficient (Wildman–Crippen LogP) is 0.659. The summed E-state index contributed by atoms with van der Waals surface area (Å²) in [5.74, 6) is -0.504. The highest BCUT2D eigenvalue weighted by molar-refractivity contribution is 7.80. The molecule has 0 aromatic heterocycles. The summed E-state index contributed by atoms with van der Waals surface area (Å²) in [4.78, 5) is 15.6. The lowest BCUT2D eigenvalue weighted by Crippen LogP contribution is -2.60. The standard InChI is InChI=1S/C14H16N2O3S/c1-3-15-12(20)16(4-2)14(19)11(17)9-7-5-6-8-10(9)13(14,15)18/h5-8,18-19H,3-4H2,1-2H3/t13-,14+/m0/s1. The van der Waals surface area contributed by atoms with E-state index in [1.807, 2.05) is 6.92 Å². The fourth-order valence-electron chi connectivity index (χ4n) is 3.31. The number of carbonyl (C=O) groups excluding carboxylic acids is 1. The first-order chi connectivity index (χ1) is 9.44. The quantitative estimate of drug-likeness (QED) is 0.781. The van der Waals surface area contributed by atoms with E-state index in [1.54, 1.807) is 31.2 Å². The van der Waals surface area contributed by atoms with Crippen molar-refractivity contribution in [3.63, 3.8) is 0 Å². The number of thiocarbonyl (C=S) groups is 1. The van der Waals surface area contributed by atoms with Crippen LogP contribution in [0.25, 0.3) is 0 Å². The Labute approximate surface area is 122 Å². The SMILES string of the molecule is CCN1C(=S)N(CC)[C@@]2(O)C(=O)c3ccccc3[C@@]12O. The van der Waals surface area contributed by atoms with E-state index in [9.17, 15) is 15.0 Å². The van der Waals surface area contributed by atoms with Gasteiger partial charge in [0.15, 0.2) is 5.11 Å². The number of likely N-dealkylation sites (N-methyl/N-ethyl adjacent to an activating group) is 2. The molecule has 1 fully saturated rings. The maximum Gasteiger partial charge on any atom is 0.258 e. The van der Waals surface area contributed by atoms with Crippen LogP contribution in [0.2, 0.25) is 0 Å². The van der Waals surface area contributed by atoms with Gasteiger partial charge in [0.1, 0.15) is 0 Å². The fourth-order valence-corrected chi connectivity index (χ4v) is 3.84. The summed E-state index contributed by atoms with van der Waals surface area (Å²) in [6.07, 6.45) is 0. The van der Waals surface area contributed by atoms with Gasteiger partial charge in [0.2, 0.25) is 11.5 Å². The molecule has 1 aromatic rings. The molecule has 5 nitrogen and oxygen atoms in total. The number of fused-ring (bicyclic) bond motifs is 3. The van der Waals surface area contributed by atoms with Gasteiger partial charge in [-0.3, -0.25) is 4.79 Å². The van der Waals surface area contributed by atoms with Gasteiger partial charge in [-0.05, 0) is 26.1 Å². The number of hydrogen-bond donors (Lipinski definition) is 2. The van der Waals surface area contributed by atoms with Crippen molar-refractivity contribution in [2.45, 2.75) is 25.3 Å². The first-order valence-electron chi connectivity index (χ1n) is 6.62. The van der Waals surface area contributed by atoms with Crippen molar-refractivity contribution >= 4 is 23.1 Å². The third-order valence-corrected chi connectivity index (χ3v) is 4.67. The van der Waals surface area contributed by atoms with Crippen molar-refractivity contribution in [3.05, 3.63) is 35.4 Å². The summed E-state index contributed by atoms with van der Waals surface area (Å²) in [5.41, 5.74) is -3.11. The molecule has 1 aliphatic heterocycles. The van der Waals surface area contributed by atoms with Crippen molar-refractivity contribution in [3.8, 4) is 0 Å². The Kier molecular flexibility index (Phi) is 2.70. The van der Waals surface area contributed by atoms with E-state index in [0.717, 1.165) is 0 Å². The summed E-state index contributed by atoms with van der Waals surface area (Å²) < 4.78 is 0. The summed E-state index contributed by atoms with van der Waals surface area (Å²) in [6.45, 7) is 4.36. The molecule has 0 saturated carbocycles. The Balaban J connectivity index is 2.34. The lowest BCUT2D eigenvalue weighted by molar-refractivity contribution is -0.199. The van der Waals surface area contributed by atoms with Gasteiger partial charge in [-0.15, -0.1) is 0 Å². The number of benzene rings is 1. The molecule has 0 spiro atoms. The molecule has 0 unspecified atom stereocenters. The Bertz CT molecular complexity index is 620. The maximum atomic E-state index is 12.6. The monoisotopic (exact) mass is 292 g/mol. The molecule has 0 amide bonds. The molecule has 2 N–H and O–H groups in total. The normalized spacial score (nSPS) is 31.8. The second kappa shape index (κ2) is 4.00. The maximum absolute atomic E-state index is 12.6. The molecule has 3 rings (SSSR count). The number of Topliss-reactive ketones (excluding diaryl/α,β-unsaturated/α-hetero) is 1. The molecule has 2 atom stereocenters. The second-order valence-corrected chi connectivity index (χ2v) is 5.36. The van der Waals surface area contributed by atoms with Crippen LogP contribution >= 0.6 is 12.2 Å². The zero-order chi connectivity index (χ0) is 14.7. The number of carbonyl (C=O) groups is 1. The van der Waals surface area contributed by atoms with E-state index in [0.29, 0.717) is 29.3 Å². The molecule has 0 bridgehead atoms. The van der Waals surface area contributed by atoms with Crippen molar-refractivity contribution in [1.82, 2.24) is 9.80 Å². The van der Waals surface area contributed by atoms with Crippen LogP contribution in [0.3, 0.4) is 0 Å². The highest BCUT2D eigenvalue weighted by Crippen LogP contribution is 2.52. The molecular weight excluding hydrogens is 276 g/mol. The minimum atomic E-state index is -2.04. The Morgan fingerprint density at radius 1 is 1.10 bits per heavy atom. The number of rotatable bonds is 2. The van der Waals surface area contributed by atoms with Gasteiger partial charge in [0.25, 0.3) is 5.72 Å². The molecule has 106 valence electrons. The number of aliphatic hydroxyl groups is 2. The van der Waals surface area contributed by atoms with Crippen LogP contribution < -0.4 is 0 Å². The largest absolute Gasteiger partial charge is 0.363 e. The average Bonchev–Trinajstić information content (AvgIpc) is 2.73. The molecule has 1 heterocycles. The van der Waals surface area contributed by atoms with Gasteiger partial charge < -0.3 is 20.0 Å². The van der Waals surface area contributed by atoms with Crippen LogP contribution in [0.4, 0.5) is 0 Å². The van der Waals surface area contributed by atoms with Crippen molar-refractivity contribution in [2.75, 3.05) is 13.1 Å². The highest BCUT2D eigenvalue weighted by Gasteiger charge is 2.73. The first kappa shape index (κ1) is 13.5. The van der Waals surface area contributed by atoms with E-state index >= 15 is 0 Å².